The summed E-state index contributed by atoms with van der Waals surface area (Å²) in [4.78, 5) is 0. The monoisotopic (exact) mass is 317 g/mol. The molecule has 19 heavy (non-hydrogen) atoms. The van der Waals surface area contributed by atoms with Crippen molar-refractivity contribution in [3.8, 4) is 0 Å². The van der Waals surface area contributed by atoms with E-state index in [9.17, 15) is 17.6 Å². The third-order valence-corrected chi connectivity index (χ3v) is 3.12. The second kappa shape index (κ2) is 6.77. The van der Waals surface area contributed by atoms with E-state index in [1.54, 1.807) is 6.92 Å². The van der Waals surface area contributed by atoms with Crippen LogP contribution in [0.3, 0.4) is 0 Å². The average molecular weight is 318 g/mol. The number of halogens is 6. The van der Waals surface area contributed by atoms with E-state index >= 15 is 0 Å². The predicted octanol–water partition coefficient (Wildman–Crippen LogP) is 4.93. The Hall–Kier alpha value is -0.520. The van der Waals surface area contributed by atoms with Crippen LogP contribution in [0.25, 0.3) is 0 Å². The second-order valence-electron chi connectivity index (χ2n) is 4.03. The highest BCUT2D eigenvalue weighted by molar-refractivity contribution is 6.33. The highest BCUT2D eigenvalue weighted by Gasteiger charge is 2.49. The van der Waals surface area contributed by atoms with Gasteiger partial charge in [-0.15, -0.1) is 0 Å². The van der Waals surface area contributed by atoms with Crippen LogP contribution in [-0.2, 0) is 0 Å². The van der Waals surface area contributed by atoms with Gasteiger partial charge in [-0.3, -0.25) is 0 Å². The Labute approximate surface area is 118 Å². The second-order valence-corrected chi connectivity index (χ2v) is 4.87. The fourth-order valence-electron chi connectivity index (χ4n) is 1.60. The first-order chi connectivity index (χ1) is 8.80. The van der Waals surface area contributed by atoms with Gasteiger partial charge in [-0.05, 0) is 36.7 Å². The van der Waals surface area contributed by atoms with Crippen molar-refractivity contribution in [1.29, 1.82) is 0 Å². The molecule has 1 rings (SSSR count). The molecule has 0 fully saturated rings. The van der Waals surface area contributed by atoms with Gasteiger partial charge in [-0.2, -0.15) is 8.78 Å². The Morgan fingerprint density at radius 3 is 2.42 bits per heavy atom. The van der Waals surface area contributed by atoms with Gasteiger partial charge in [0.25, 0.3) is 0 Å². The summed E-state index contributed by atoms with van der Waals surface area (Å²) in [5.41, 5.74) is -0.132. The molecule has 1 aromatic carbocycles. The van der Waals surface area contributed by atoms with Crippen molar-refractivity contribution < 1.29 is 17.6 Å². The third kappa shape index (κ3) is 3.97. The normalized spacial score (nSPS) is 13.9. The van der Waals surface area contributed by atoms with Crippen LogP contribution >= 0.6 is 23.2 Å². The van der Waals surface area contributed by atoms with Gasteiger partial charge in [0.1, 0.15) is 6.04 Å². The molecule has 1 nitrogen and oxygen atoms in total. The van der Waals surface area contributed by atoms with Crippen LogP contribution < -0.4 is 5.32 Å². The number of benzene rings is 1. The zero-order valence-corrected chi connectivity index (χ0v) is 11.6. The summed E-state index contributed by atoms with van der Waals surface area (Å²) in [6, 6.07) is 2.01. The van der Waals surface area contributed by atoms with E-state index in [0.29, 0.717) is 6.42 Å². The zero-order chi connectivity index (χ0) is 14.6. The molecule has 1 atom stereocenters. The molecule has 1 aromatic rings. The maximum Gasteiger partial charge on any atom is 0.326 e. The Balaban J connectivity index is 3.19. The smallest absolute Gasteiger partial charge is 0.305 e. The molecular weight excluding hydrogens is 305 g/mol. The lowest BCUT2D eigenvalue weighted by molar-refractivity contribution is -0.151. The van der Waals surface area contributed by atoms with E-state index in [-0.39, 0.29) is 22.2 Å². The standard InChI is InChI=1S/C12H13Cl2F4N/c1-2-5-19-10(12(17,18)11(15)16)8-6-7(13)3-4-9(8)14/h3-4,6,10-11,19H,2,5H2,1H3. The van der Waals surface area contributed by atoms with Gasteiger partial charge < -0.3 is 5.32 Å². The molecule has 0 aliphatic carbocycles. The molecular formula is C12H13Cl2F4N. The van der Waals surface area contributed by atoms with Gasteiger partial charge in [0, 0.05) is 10.0 Å². The molecule has 0 radical (unpaired) electrons. The van der Waals surface area contributed by atoms with Crippen molar-refractivity contribution in [2.24, 2.45) is 0 Å². The molecule has 0 amide bonds. The van der Waals surface area contributed by atoms with Crippen molar-refractivity contribution in [3.05, 3.63) is 33.8 Å². The van der Waals surface area contributed by atoms with E-state index in [1.165, 1.54) is 18.2 Å². The summed E-state index contributed by atoms with van der Waals surface area (Å²) in [6.45, 7) is 1.90. The van der Waals surface area contributed by atoms with Gasteiger partial charge in [0.05, 0.1) is 0 Å². The fourth-order valence-corrected chi connectivity index (χ4v) is 2.01. The molecule has 0 aliphatic heterocycles. The van der Waals surface area contributed by atoms with Gasteiger partial charge in [0.15, 0.2) is 0 Å². The number of alkyl halides is 4. The molecule has 7 heteroatoms. The van der Waals surface area contributed by atoms with Gasteiger partial charge >= 0.3 is 12.3 Å². The molecule has 0 aromatic heterocycles. The van der Waals surface area contributed by atoms with Crippen molar-refractivity contribution in [2.45, 2.75) is 31.7 Å². The van der Waals surface area contributed by atoms with Crippen LogP contribution in [0, 0.1) is 0 Å². The minimum absolute atomic E-state index is 0.0293. The van der Waals surface area contributed by atoms with Crippen LogP contribution in [0.15, 0.2) is 18.2 Å². The number of hydrogen-bond donors (Lipinski definition) is 1. The molecule has 0 saturated heterocycles. The van der Waals surface area contributed by atoms with E-state index in [2.05, 4.69) is 5.32 Å². The van der Waals surface area contributed by atoms with E-state index in [0.717, 1.165) is 0 Å². The largest absolute Gasteiger partial charge is 0.326 e. The summed E-state index contributed by atoms with van der Waals surface area (Å²) >= 11 is 11.5. The Morgan fingerprint density at radius 2 is 1.89 bits per heavy atom. The van der Waals surface area contributed by atoms with Crippen LogP contribution in [0.1, 0.15) is 24.9 Å². The lowest BCUT2D eigenvalue weighted by Crippen LogP contribution is -2.43. The number of rotatable bonds is 6. The lowest BCUT2D eigenvalue weighted by atomic mass is 10.00. The molecule has 108 valence electrons. The van der Waals surface area contributed by atoms with Gasteiger partial charge in [-0.1, -0.05) is 30.1 Å². The summed E-state index contributed by atoms with van der Waals surface area (Å²) in [5, 5.41) is 2.53. The van der Waals surface area contributed by atoms with Crippen LogP contribution in [0.2, 0.25) is 10.0 Å². The van der Waals surface area contributed by atoms with E-state index in [1.807, 2.05) is 0 Å². The van der Waals surface area contributed by atoms with Crippen molar-refractivity contribution >= 4 is 23.2 Å². The molecule has 0 bridgehead atoms. The van der Waals surface area contributed by atoms with Crippen LogP contribution in [-0.4, -0.2) is 18.9 Å². The zero-order valence-electron chi connectivity index (χ0n) is 10.1. The predicted molar refractivity (Wildman–Crippen MR) is 68.4 cm³/mol. The Morgan fingerprint density at radius 1 is 1.26 bits per heavy atom. The lowest BCUT2D eigenvalue weighted by Gasteiger charge is -2.28. The fraction of sp³-hybridized carbons (Fsp3) is 0.500. The SMILES string of the molecule is CCCNC(c1cc(Cl)ccc1Cl)C(F)(F)C(F)F. The highest BCUT2D eigenvalue weighted by Crippen LogP contribution is 2.40. The van der Waals surface area contributed by atoms with Crippen LogP contribution in [0.4, 0.5) is 17.6 Å². The third-order valence-electron chi connectivity index (χ3n) is 2.54. The molecule has 0 spiro atoms. The van der Waals surface area contributed by atoms with Gasteiger partial charge in [0.2, 0.25) is 0 Å². The first kappa shape index (κ1) is 16.5. The topological polar surface area (TPSA) is 12.0 Å². The number of nitrogens with one attached hydrogen (secondary N) is 1. The Bertz CT molecular complexity index is 426. The minimum atomic E-state index is -4.23. The van der Waals surface area contributed by atoms with Crippen molar-refractivity contribution in [2.75, 3.05) is 6.54 Å². The maximum atomic E-state index is 13.6. The van der Waals surface area contributed by atoms with E-state index in [4.69, 9.17) is 23.2 Å². The first-order valence-electron chi connectivity index (χ1n) is 5.65. The van der Waals surface area contributed by atoms with Gasteiger partial charge in [-0.25, -0.2) is 8.78 Å². The quantitative estimate of drug-likeness (QED) is 0.733. The minimum Gasteiger partial charge on any atom is -0.305 e. The summed E-state index contributed by atoms with van der Waals surface area (Å²) < 4.78 is 52.3. The summed E-state index contributed by atoms with van der Waals surface area (Å²) in [5.74, 6) is -4.23. The van der Waals surface area contributed by atoms with Crippen molar-refractivity contribution in [3.63, 3.8) is 0 Å². The van der Waals surface area contributed by atoms with Crippen LogP contribution in [0.5, 0.6) is 0 Å². The average Bonchev–Trinajstić information content (AvgIpc) is 2.33. The first-order valence-corrected chi connectivity index (χ1v) is 6.40. The molecule has 0 saturated carbocycles. The molecule has 1 N–H and O–H groups in total. The highest BCUT2D eigenvalue weighted by atomic mass is 35.5. The summed E-state index contributed by atoms with van der Waals surface area (Å²) in [7, 11) is 0. The van der Waals surface area contributed by atoms with Crippen molar-refractivity contribution in [1.82, 2.24) is 5.32 Å². The molecule has 0 aliphatic rings. The maximum absolute atomic E-state index is 13.6. The summed E-state index contributed by atoms with van der Waals surface area (Å²) in [6.07, 6.45) is -3.27. The molecule has 1 unspecified atom stereocenters. The van der Waals surface area contributed by atoms with E-state index < -0.39 is 18.4 Å². The molecule has 0 heterocycles. The Kier molecular flexibility index (Phi) is 5.89. The number of hydrogen-bond acceptors (Lipinski definition) is 1.